The zero-order valence-corrected chi connectivity index (χ0v) is 17.9. The number of fused-ring (bicyclic) bond motifs is 3. The Morgan fingerprint density at radius 1 is 1.03 bits per heavy atom. The Labute approximate surface area is 189 Å². The lowest BCUT2D eigenvalue weighted by Gasteiger charge is -2.29. The minimum absolute atomic E-state index is 0.0146. The normalized spacial score (nSPS) is 13.2. The molecule has 0 fully saturated rings. The van der Waals surface area contributed by atoms with E-state index in [4.69, 9.17) is 5.11 Å². The summed E-state index contributed by atoms with van der Waals surface area (Å²) in [5.41, 5.74) is 4.85. The summed E-state index contributed by atoms with van der Waals surface area (Å²) in [5.74, 6) is -1.29. The van der Waals surface area contributed by atoms with Crippen LogP contribution in [0.5, 0.6) is 0 Å². The van der Waals surface area contributed by atoms with Crippen LogP contribution >= 0.6 is 0 Å². The lowest BCUT2D eigenvalue weighted by molar-refractivity contribution is -0.131. The van der Waals surface area contributed by atoms with E-state index in [0.717, 1.165) is 34.3 Å². The zero-order valence-electron chi connectivity index (χ0n) is 17.9. The monoisotopic (exact) mass is 443 g/mol. The molecule has 0 saturated carbocycles. The molecule has 33 heavy (non-hydrogen) atoms. The number of hydrogen-bond acceptors (Lipinski definition) is 3. The molecule has 0 saturated heterocycles. The molecular formula is C26H22FN3O3. The third kappa shape index (κ3) is 4.09. The van der Waals surface area contributed by atoms with Crippen molar-refractivity contribution in [1.29, 1.82) is 0 Å². The zero-order chi connectivity index (χ0) is 22.9. The number of carbonyl (C=O) groups is 2. The SMILES string of the molecule is O=C(O)c1ccc(CC(=O)N2CCc3c(n(Cc4cccc(F)c4)c4ncccc34)C2)cc1. The van der Waals surface area contributed by atoms with E-state index in [0.29, 0.717) is 19.6 Å². The molecule has 1 N–H and O–H groups in total. The molecule has 0 radical (unpaired) electrons. The van der Waals surface area contributed by atoms with Crippen molar-refractivity contribution in [2.45, 2.75) is 25.9 Å². The van der Waals surface area contributed by atoms with Gasteiger partial charge in [0.05, 0.1) is 18.5 Å². The van der Waals surface area contributed by atoms with Gasteiger partial charge in [-0.3, -0.25) is 4.79 Å². The van der Waals surface area contributed by atoms with Crippen molar-refractivity contribution in [3.8, 4) is 0 Å². The van der Waals surface area contributed by atoms with E-state index >= 15 is 0 Å². The summed E-state index contributed by atoms with van der Waals surface area (Å²) in [4.78, 5) is 30.5. The maximum Gasteiger partial charge on any atom is 0.335 e. The molecule has 0 atom stereocenters. The van der Waals surface area contributed by atoms with Gasteiger partial charge >= 0.3 is 5.97 Å². The second kappa shape index (κ2) is 8.50. The lowest BCUT2D eigenvalue weighted by atomic mass is 10.0. The number of rotatable bonds is 5. The number of amides is 1. The number of carboxylic acid groups (broad SMARTS) is 1. The van der Waals surface area contributed by atoms with Gasteiger partial charge in [-0.05, 0) is 59.5 Å². The van der Waals surface area contributed by atoms with Crippen molar-refractivity contribution >= 4 is 22.9 Å². The van der Waals surface area contributed by atoms with Crippen molar-refractivity contribution in [2.24, 2.45) is 0 Å². The highest BCUT2D eigenvalue weighted by Crippen LogP contribution is 2.31. The largest absolute Gasteiger partial charge is 0.478 e. The van der Waals surface area contributed by atoms with E-state index < -0.39 is 5.97 Å². The van der Waals surface area contributed by atoms with E-state index in [-0.39, 0.29) is 23.7 Å². The van der Waals surface area contributed by atoms with Crippen LogP contribution in [0.3, 0.4) is 0 Å². The van der Waals surface area contributed by atoms with Gasteiger partial charge in [0.2, 0.25) is 5.91 Å². The van der Waals surface area contributed by atoms with Crippen molar-refractivity contribution in [2.75, 3.05) is 6.54 Å². The summed E-state index contributed by atoms with van der Waals surface area (Å²) < 4.78 is 15.9. The number of carbonyl (C=O) groups excluding carboxylic acids is 1. The molecule has 0 spiro atoms. The summed E-state index contributed by atoms with van der Waals surface area (Å²) in [6.07, 6.45) is 2.68. The van der Waals surface area contributed by atoms with Crippen molar-refractivity contribution in [1.82, 2.24) is 14.5 Å². The maximum atomic E-state index is 13.8. The van der Waals surface area contributed by atoms with Crippen LogP contribution in [0.25, 0.3) is 11.0 Å². The van der Waals surface area contributed by atoms with E-state index in [1.165, 1.54) is 29.8 Å². The Morgan fingerprint density at radius 3 is 2.61 bits per heavy atom. The third-order valence-electron chi connectivity index (χ3n) is 6.15. The molecule has 4 aromatic rings. The van der Waals surface area contributed by atoms with Gasteiger partial charge in [-0.15, -0.1) is 0 Å². The Kier molecular flexibility index (Phi) is 5.38. The summed E-state index contributed by atoms with van der Waals surface area (Å²) in [6, 6.07) is 16.9. The first kappa shape index (κ1) is 20.9. The highest BCUT2D eigenvalue weighted by atomic mass is 19.1. The summed E-state index contributed by atoms with van der Waals surface area (Å²) in [5, 5.41) is 10.1. The van der Waals surface area contributed by atoms with Gasteiger partial charge in [-0.1, -0.05) is 24.3 Å². The van der Waals surface area contributed by atoms with Gasteiger partial charge < -0.3 is 14.6 Å². The van der Waals surface area contributed by atoms with Crippen molar-refractivity contribution < 1.29 is 19.1 Å². The topological polar surface area (TPSA) is 75.4 Å². The molecule has 7 heteroatoms. The summed E-state index contributed by atoms with van der Waals surface area (Å²) in [6.45, 7) is 1.53. The summed E-state index contributed by atoms with van der Waals surface area (Å²) >= 11 is 0. The smallest absolute Gasteiger partial charge is 0.335 e. The van der Waals surface area contributed by atoms with Crippen LogP contribution in [0.15, 0.2) is 66.9 Å². The van der Waals surface area contributed by atoms with Crippen LogP contribution in [0.1, 0.15) is 32.7 Å². The molecule has 6 nitrogen and oxygen atoms in total. The van der Waals surface area contributed by atoms with Gasteiger partial charge in [-0.2, -0.15) is 0 Å². The fourth-order valence-electron chi connectivity index (χ4n) is 4.51. The average molecular weight is 443 g/mol. The molecule has 1 aliphatic rings. The van der Waals surface area contributed by atoms with Gasteiger partial charge in [0, 0.05) is 30.4 Å². The van der Waals surface area contributed by atoms with Crippen LogP contribution in [0.4, 0.5) is 4.39 Å². The predicted molar refractivity (Wildman–Crippen MR) is 121 cm³/mol. The summed E-state index contributed by atoms with van der Waals surface area (Å²) in [7, 11) is 0. The number of aromatic nitrogens is 2. The third-order valence-corrected chi connectivity index (χ3v) is 6.15. The maximum absolute atomic E-state index is 13.8. The Hall–Kier alpha value is -4.00. The molecule has 0 aliphatic carbocycles. The van der Waals surface area contributed by atoms with Gasteiger partial charge in [0.15, 0.2) is 0 Å². The molecule has 1 aliphatic heterocycles. The van der Waals surface area contributed by atoms with E-state index in [1.54, 1.807) is 24.4 Å². The fourth-order valence-corrected chi connectivity index (χ4v) is 4.51. The molecule has 5 rings (SSSR count). The van der Waals surface area contributed by atoms with Gasteiger partial charge in [0.25, 0.3) is 0 Å². The first-order chi connectivity index (χ1) is 16.0. The highest BCUT2D eigenvalue weighted by Gasteiger charge is 2.27. The van der Waals surface area contributed by atoms with Crippen LogP contribution in [0.2, 0.25) is 0 Å². The molecule has 0 bridgehead atoms. The molecule has 166 valence electrons. The molecular weight excluding hydrogens is 421 g/mol. The molecule has 2 aromatic heterocycles. The second-order valence-corrected chi connectivity index (χ2v) is 8.26. The van der Waals surface area contributed by atoms with E-state index in [1.807, 2.05) is 23.1 Å². The highest BCUT2D eigenvalue weighted by molar-refractivity contribution is 5.88. The predicted octanol–water partition coefficient (Wildman–Crippen LogP) is 4.05. The number of benzene rings is 2. The second-order valence-electron chi connectivity index (χ2n) is 8.26. The number of hydrogen-bond donors (Lipinski definition) is 1. The van der Waals surface area contributed by atoms with E-state index in [2.05, 4.69) is 9.55 Å². The number of aromatic carboxylic acids is 1. The number of pyridine rings is 1. The van der Waals surface area contributed by atoms with Crippen LogP contribution in [0, 0.1) is 5.82 Å². The minimum atomic E-state index is -0.990. The van der Waals surface area contributed by atoms with Gasteiger partial charge in [0.1, 0.15) is 11.5 Å². The first-order valence-corrected chi connectivity index (χ1v) is 10.8. The van der Waals surface area contributed by atoms with E-state index in [9.17, 15) is 14.0 Å². The van der Waals surface area contributed by atoms with Gasteiger partial charge in [-0.25, -0.2) is 14.2 Å². The van der Waals surface area contributed by atoms with Crippen molar-refractivity contribution in [3.05, 3.63) is 101 Å². The average Bonchev–Trinajstić information content (AvgIpc) is 3.12. The fraction of sp³-hybridized carbons (Fsp3) is 0.192. The number of carboxylic acids is 1. The molecule has 1 amide bonds. The molecule has 0 unspecified atom stereocenters. The number of nitrogens with zero attached hydrogens (tertiary/aromatic N) is 3. The Morgan fingerprint density at radius 2 is 1.85 bits per heavy atom. The standard InChI is InChI=1S/C26H22FN3O3/c27-20-4-1-3-18(13-20)15-30-23-16-29(12-10-21(23)22-5-2-11-28-25(22)30)24(31)14-17-6-8-19(9-7-17)26(32)33/h1-9,11,13H,10,12,14-16H2,(H,32,33). The minimum Gasteiger partial charge on any atom is -0.478 e. The van der Waals surface area contributed by atoms with Crippen LogP contribution in [-0.4, -0.2) is 38.0 Å². The molecule has 2 aromatic carbocycles. The van der Waals surface area contributed by atoms with Crippen LogP contribution in [-0.2, 0) is 30.7 Å². The first-order valence-electron chi connectivity index (χ1n) is 10.8. The molecule has 3 heterocycles. The quantitative estimate of drug-likeness (QED) is 0.505. The number of halogens is 1. The lowest BCUT2D eigenvalue weighted by Crippen LogP contribution is -2.37. The Balaban J connectivity index is 1.43. The van der Waals surface area contributed by atoms with Crippen molar-refractivity contribution in [3.63, 3.8) is 0 Å². The Bertz CT molecular complexity index is 1360. The van der Waals surface area contributed by atoms with Crippen LogP contribution < -0.4 is 0 Å².